The van der Waals surface area contributed by atoms with Crippen molar-refractivity contribution >= 4 is 17.8 Å². The molecule has 0 bridgehead atoms. The van der Waals surface area contributed by atoms with Crippen molar-refractivity contribution in [2.45, 2.75) is 51.7 Å². The van der Waals surface area contributed by atoms with E-state index in [2.05, 4.69) is 25.6 Å². The number of carbonyl (C=O) groups is 1. The van der Waals surface area contributed by atoms with Gasteiger partial charge in [-0.3, -0.25) is 10.1 Å². The molecule has 0 spiro atoms. The number of alkyl halides is 3. The summed E-state index contributed by atoms with van der Waals surface area (Å²) in [5.41, 5.74) is -0.0997. The van der Waals surface area contributed by atoms with Gasteiger partial charge in [0, 0.05) is 18.5 Å². The van der Waals surface area contributed by atoms with Crippen molar-refractivity contribution in [1.29, 1.82) is 0 Å². The first kappa shape index (κ1) is 18.9. The van der Waals surface area contributed by atoms with Crippen LogP contribution in [0.5, 0.6) is 0 Å². The second-order valence-corrected chi connectivity index (χ2v) is 5.84. The van der Waals surface area contributed by atoms with Gasteiger partial charge in [-0.1, -0.05) is 12.2 Å². The van der Waals surface area contributed by atoms with Crippen LogP contribution in [-0.4, -0.2) is 33.1 Å². The third kappa shape index (κ3) is 5.84. The largest absolute Gasteiger partial charge is 0.412 e. The van der Waals surface area contributed by atoms with Crippen molar-refractivity contribution in [2.24, 2.45) is 0 Å². The number of halogens is 3. The number of amides is 1. The Kier molecular flexibility index (Phi) is 6.11. The van der Waals surface area contributed by atoms with E-state index in [-0.39, 0.29) is 30.3 Å². The van der Waals surface area contributed by atoms with Crippen LogP contribution in [-0.2, 0) is 4.79 Å². The van der Waals surface area contributed by atoms with Crippen LogP contribution in [0, 0.1) is 0 Å². The monoisotopic (exact) mass is 355 g/mol. The highest BCUT2D eigenvalue weighted by molar-refractivity contribution is 5.86. The maximum atomic E-state index is 13.0. The molecule has 9 heteroatoms. The molecular weight excluding hydrogens is 335 g/mol. The molecule has 1 aromatic heterocycles. The summed E-state index contributed by atoms with van der Waals surface area (Å²) in [7, 11) is 0. The molecule has 1 heterocycles. The van der Waals surface area contributed by atoms with E-state index in [1.54, 1.807) is 12.2 Å². The summed E-state index contributed by atoms with van der Waals surface area (Å²) in [6.07, 6.45) is 1.56. The van der Waals surface area contributed by atoms with Gasteiger partial charge in [0.1, 0.15) is 6.33 Å². The Balaban J connectivity index is 1.96. The van der Waals surface area contributed by atoms with Gasteiger partial charge in [0.25, 0.3) is 0 Å². The normalized spacial score (nSPS) is 15.9. The van der Waals surface area contributed by atoms with Gasteiger partial charge in [0.2, 0.25) is 17.8 Å². The van der Waals surface area contributed by atoms with Crippen molar-refractivity contribution in [3.8, 4) is 0 Å². The second-order valence-electron chi connectivity index (χ2n) is 5.84. The standard InChI is InChI=1S/C16H20F3N5O/c1-10(22-14-20-9-21-15(24-14)23-11(2)25)7-8-12-5-3-4-6-13(12)16(17,18)19/h3,5,9-10H,4,6-8H2,1-2H3,(H2,20,21,22,23,24,25). The Labute approximate surface area is 143 Å². The summed E-state index contributed by atoms with van der Waals surface area (Å²) < 4.78 is 39.1. The number of anilines is 2. The number of allylic oxidation sites excluding steroid dienone is 4. The second kappa shape index (κ2) is 8.09. The number of carbonyl (C=O) groups excluding carboxylic acids is 1. The summed E-state index contributed by atoms with van der Waals surface area (Å²) in [6.45, 7) is 3.17. The van der Waals surface area contributed by atoms with E-state index >= 15 is 0 Å². The number of aromatic nitrogens is 3. The fourth-order valence-electron chi connectivity index (χ4n) is 2.52. The number of nitrogens with one attached hydrogen (secondary N) is 2. The van der Waals surface area contributed by atoms with E-state index in [4.69, 9.17) is 0 Å². The summed E-state index contributed by atoms with van der Waals surface area (Å²) in [5.74, 6) is 0.0749. The van der Waals surface area contributed by atoms with Gasteiger partial charge in [0.15, 0.2) is 0 Å². The highest BCUT2D eigenvalue weighted by Crippen LogP contribution is 2.36. The number of rotatable bonds is 6. The molecule has 1 unspecified atom stereocenters. The van der Waals surface area contributed by atoms with Crippen LogP contribution < -0.4 is 10.6 Å². The van der Waals surface area contributed by atoms with Gasteiger partial charge in [0.05, 0.1) is 0 Å². The molecule has 1 aliphatic rings. The molecule has 0 aliphatic heterocycles. The predicted octanol–water partition coefficient (Wildman–Crippen LogP) is 3.62. The Hall–Kier alpha value is -2.45. The lowest BCUT2D eigenvalue weighted by Gasteiger charge is -2.20. The van der Waals surface area contributed by atoms with Gasteiger partial charge < -0.3 is 5.32 Å². The molecule has 1 aliphatic carbocycles. The molecule has 0 saturated carbocycles. The van der Waals surface area contributed by atoms with Gasteiger partial charge in [-0.25, -0.2) is 9.97 Å². The maximum absolute atomic E-state index is 13.0. The van der Waals surface area contributed by atoms with Crippen LogP contribution in [0.1, 0.15) is 39.5 Å². The van der Waals surface area contributed by atoms with Gasteiger partial charge in [-0.15, -0.1) is 0 Å². The highest BCUT2D eigenvalue weighted by Gasteiger charge is 2.35. The molecule has 0 radical (unpaired) electrons. The van der Waals surface area contributed by atoms with Crippen molar-refractivity contribution < 1.29 is 18.0 Å². The number of hydrogen-bond donors (Lipinski definition) is 2. The van der Waals surface area contributed by atoms with E-state index in [9.17, 15) is 18.0 Å². The topological polar surface area (TPSA) is 79.8 Å². The van der Waals surface area contributed by atoms with Crippen LogP contribution in [0.3, 0.4) is 0 Å². The smallest absolute Gasteiger partial charge is 0.352 e. The molecule has 0 fully saturated rings. The van der Waals surface area contributed by atoms with Gasteiger partial charge in [-0.2, -0.15) is 18.2 Å². The first-order valence-corrected chi connectivity index (χ1v) is 7.94. The molecule has 136 valence electrons. The Bertz CT molecular complexity index is 685. The van der Waals surface area contributed by atoms with Crippen LogP contribution in [0.15, 0.2) is 29.6 Å². The van der Waals surface area contributed by atoms with Crippen LogP contribution in [0.2, 0.25) is 0 Å². The summed E-state index contributed by atoms with van der Waals surface area (Å²) in [4.78, 5) is 22.8. The average molecular weight is 355 g/mol. The number of hydrogen-bond acceptors (Lipinski definition) is 5. The maximum Gasteiger partial charge on any atom is 0.412 e. The number of nitrogens with zero attached hydrogens (tertiary/aromatic N) is 3. The molecule has 25 heavy (non-hydrogen) atoms. The molecule has 0 saturated heterocycles. The Morgan fingerprint density at radius 2 is 2.04 bits per heavy atom. The minimum Gasteiger partial charge on any atom is -0.352 e. The average Bonchev–Trinajstić information content (AvgIpc) is 2.52. The lowest BCUT2D eigenvalue weighted by Crippen LogP contribution is -2.20. The lowest BCUT2D eigenvalue weighted by atomic mass is 9.93. The van der Waals surface area contributed by atoms with Crippen molar-refractivity contribution in [3.05, 3.63) is 29.6 Å². The van der Waals surface area contributed by atoms with E-state index in [0.717, 1.165) is 0 Å². The minimum atomic E-state index is -4.28. The van der Waals surface area contributed by atoms with Gasteiger partial charge in [-0.05, 0) is 38.2 Å². The minimum absolute atomic E-state index is 0.0324. The van der Waals surface area contributed by atoms with Crippen molar-refractivity contribution in [1.82, 2.24) is 15.0 Å². The fourth-order valence-corrected chi connectivity index (χ4v) is 2.52. The zero-order valence-corrected chi connectivity index (χ0v) is 14.0. The first-order chi connectivity index (χ1) is 11.8. The van der Waals surface area contributed by atoms with E-state index in [1.807, 2.05) is 6.92 Å². The molecule has 2 rings (SSSR count). The van der Waals surface area contributed by atoms with E-state index in [0.29, 0.717) is 24.8 Å². The first-order valence-electron chi connectivity index (χ1n) is 7.94. The molecule has 1 atom stereocenters. The molecule has 1 aromatic rings. The van der Waals surface area contributed by atoms with Gasteiger partial charge >= 0.3 is 6.18 Å². The molecule has 2 N–H and O–H groups in total. The SMILES string of the molecule is CC(=O)Nc1ncnc(NC(C)CCC2=C(C(F)(F)F)CCC=C2)n1. The molecular formula is C16H20F3N5O. The highest BCUT2D eigenvalue weighted by atomic mass is 19.4. The van der Waals surface area contributed by atoms with Crippen molar-refractivity contribution in [3.63, 3.8) is 0 Å². The van der Waals surface area contributed by atoms with Crippen LogP contribution >= 0.6 is 0 Å². The van der Waals surface area contributed by atoms with Crippen molar-refractivity contribution in [2.75, 3.05) is 10.6 Å². The van der Waals surface area contributed by atoms with Crippen LogP contribution in [0.25, 0.3) is 0 Å². The quantitative estimate of drug-likeness (QED) is 0.815. The summed E-state index contributed by atoms with van der Waals surface area (Å²) in [5, 5.41) is 5.45. The zero-order valence-electron chi connectivity index (χ0n) is 14.0. The van der Waals surface area contributed by atoms with E-state index in [1.165, 1.54) is 13.3 Å². The third-order valence-corrected chi connectivity index (χ3v) is 3.69. The molecule has 0 aromatic carbocycles. The van der Waals surface area contributed by atoms with E-state index < -0.39 is 11.7 Å². The summed E-state index contributed by atoms with van der Waals surface area (Å²) >= 11 is 0. The zero-order chi connectivity index (χ0) is 18.4. The Morgan fingerprint density at radius 3 is 2.72 bits per heavy atom. The Morgan fingerprint density at radius 1 is 1.32 bits per heavy atom. The predicted molar refractivity (Wildman–Crippen MR) is 87.9 cm³/mol. The molecule has 1 amide bonds. The summed E-state index contributed by atoms with van der Waals surface area (Å²) in [6, 6.07) is -0.148. The molecule has 6 nitrogen and oxygen atoms in total. The lowest BCUT2D eigenvalue weighted by molar-refractivity contribution is -0.114. The third-order valence-electron chi connectivity index (χ3n) is 3.69. The van der Waals surface area contributed by atoms with Crippen LogP contribution in [0.4, 0.5) is 25.1 Å². The fraction of sp³-hybridized carbons (Fsp3) is 0.500.